The Balaban J connectivity index is 1.35. The summed E-state index contributed by atoms with van der Waals surface area (Å²) in [6.07, 6.45) is 13.2. The molecule has 0 bridgehead atoms. The van der Waals surface area contributed by atoms with Crippen LogP contribution in [0.5, 0.6) is 0 Å². The van der Waals surface area contributed by atoms with Crippen LogP contribution < -0.4 is 0 Å². The zero-order chi connectivity index (χ0) is 19.5. The number of piperidine rings is 1. The monoisotopic (exact) mass is 380 g/mol. The van der Waals surface area contributed by atoms with Crippen molar-refractivity contribution in [3.05, 3.63) is 35.9 Å². The van der Waals surface area contributed by atoms with Crippen molar-refractivity contribution in [2.75, 3.05) is 13.1 Å². The lowest BCUT2D eigenvalue weighted by Gasteiger charge is -2.32. The summed E-state index contributed by atoms with van der Waals surface area (Å²) in [5.41, 5.74) is 4.53. The van der Waals surface area contributed by atoms with Gasteiger partial charge in [0.1, 0.15) is 0 Å². The number of aryl methyl sites for hydroxylation is 2. The Hall–Kier alpha value is -2.17. The van der Waals surface area contributed by atoms with Crippen LogP contribution in [0.3, 0.4) is 0 Å². The molecule has 4 rings (SSSR count). The first-order valence-electron chi connectivity index (χ1n) is 10.8. The molecule has 2 aromatic heterocycles. The van der Waals surface area contributed by atoms with E-state index in [0.29, 0.717) is 11.8 Å². The second-order valence-electron chi connectivity index (χ2n) is 8.67. The molecule has 0 spiro atoms. The molecule has 2 fully saturated rings. The maximum absolute atomic E-state index is 12.6. The number of aromatic nitrogens is 3. The minimum Gasteiger partial charge on any atom is -0.343 e. The van der Waals surface area contributed by atoms with Crippen LogP contribution in [-0.2, 0) is 11.8 Å². The summed E-state index contributed by atoms with van der Waals surface area (Å²) >= 11 is 0. The molecule has 2 aromatic rings. The lowest BCUT2D eigenvalue weighted by Crippen LogP contribution is -2.38. The molecule has 0 unspecified atom stereocenters. The standard InChI is InChI=1S/C23H32N4O/c1-17-13-20(21-15-24-26(2)16-21)14-22(25-17)19-9-11-27(12-10-19)23(28)8-7-18-5-3-4-6-18/h13-16,18-19H,3-12H2,1-2H3. The van der Waals surface area contributed by atoms with Gasteiger partial charge < -0.3 is 4.90 Å². The van der Waals surface area contributed by atoms with Crippen molar-refractivity contribution in [3.8, 4) is 11.1 Å². The maximum atomic E-state index is 12.6. The van der Waals surface area contributed by atoms with Crippen LogP contribution in [0.1, 0.15) is 68.7 Å². The molecule has 150 valence electrons. The number of hydrogen-bond donors (Lipinski definition) is 0. The van der Waals surface area contributed by atoms with E-state index in [1.807, 2.05) is 24.1 Å². The van der Waals surface area contributed by atoms with Crippen molar-refractivity contribution in [1.82, 2.24) is 19.7 Å². The molecule has 1 saturated heterocycles. The third-order valence-electron chi connectivity index (χ3n) is 6.52. The molecule has 5 nitrogen and oxygen atoms in total. The zero-order valence-electron chi connectivity index (χ0n) is 17.2. The summed E-state index contributed by atoms with van der Waals surface area (Å²) in [5, 5.41) is 4.29. The van der Waals surface area contributed by atoms with Crippen molar-refractivity contribution in [3.63, 3.8) is 0 Å². The highest BCUT2D eigenvalue weighted by Gasteiger charge is 2.26. The fourth-order valence-corrected chi connectivity index (χ4v) is 4.85. The largest absolute Gasteiger partial charge is 0.343 e. The van der Waals surface area contributed by atoms with Gasteiger partial charge in [-0.25, -0.2) is 0 Å². The Morgan fingerprint density at radius 3 is 2.54 bits per heavy atom. The minimum atomic E-state index is 0.360. The number of carbonyl (C=O) groups is 1. The first-order valence-corrected chi connectivity index (χ1v) is 10.8. The summed E-state index contributed by atoms with van der Waals surface area (Å²) in [7, 11) is 1.94. The third-order valence-corrected chi connectivity index (χ3v) is 6.52. The van der Waals surface area contributed by atoms with Crippen LogP contribution in [0.4, 0.5) is 0 Å². The van der Waals surface area contributed by atoms with Gasteiger partial charge in [-0.2, -0.15) is 5.10 Å². The average molecular weight is 381 g/mol. The van der Waals surface area contributed by atoms with Crippen molar-refractivity contribution < 1.29 is 4.79 Å². The van der Waals surface area contributed by atoms with Gasteiger partial charge in [0.2, 0.25) is 5.91 Å². The highest BCUT2D eigenvalue weighted by molar-refractivity contribution is 5.76. The molecule has 1 aliphatic heterocycles. The van der Waals surface area contributed by atoms with Gasteiger partial charge in [-0.05, 0) is 49.8 Å². The molecule has 5 heteroatoms. The lowest BCUT2D eigenvalue weighted by molar-refractivity contribution is -0.132. The summed E-state index contributed by atoms with van der Waals surface area (Å²) in [5.74, 6) is 1.59. The molecule has 0 radical (unpaired) electrons. The fourth-order valence-electron chi connectivity index (χ4n) is 4.85. The van der Waals surface area contributed by atoms with Crippen molar-refractivity contribution in [2.45, 2.75) is 64.2 Å². The highest BCUT2D eigenvalue weighted by Crippen LogP contribution is 2.32. The maximum Gasteiger partial charge on any atom is 0.222 e. The van der Waals surface area contributed by atoms with Crippen LogP contribution in [0.2, 0.25) is 0 Å². The van der Waals surface area contributed by atoms with Crippen LogP contribution in [0, 0.1) is 12.8 Å². The fraction of sp³-hybridized carbons (Fsp3) is 0.609. The second-order valence-corrected chi connectivity index (χ2v) is 8.67. The van der Waals surface area contributed by atoms with Crippen molar-refractivity contribution in [2.24, 2.45) is 13.0 Å². The molecule has 1 saturated carbocycles. The van der Waals surface area contributed by atoms with Crippen molar-refractivity contribution >= 4 is 5.91 Å². The van der Waals surface area contributed by atoms with E-state index in [9.17, 15) is 4.79 Å². The molecular formula is C23H32N4O. The number of pyridine rings is 1. The highest BCUT2D eigenvalue weighted by atomic mass is 16.2. The Kier molecular flexibility index (Phi) is 5.79. The predicted octanol–water partition coefficient (Wildman–Crippen LogP) is 4.47. The number of nitrogens with zero attached hydrogens (tertiary/aromatic N) is 4. The molecule has 3 heterocycles. The van der Waals surface area contributed by atoms with Gasteiger partial charge in [-0.1, -0.05) is 25.7 Å². The van der Waals surface area contributed by atoms with Crippen LogP contribution >= 0.6 is 0 Å². The van der Waals surface area contributed by atoms with E-state index < -0.39 is 0 Å². The van der Waals surface area contributed by atoms with Crippen LogP contribution in [0.15, 0.2) is 24.5 Å². The SMILES string of the molecule is Cc1cc(-c2cnn(C)c2)cc(C2CCN(C(=O)CCC3CCCC3)CC2)n1. The van der Waals surface area contributed by atoms with E-state index in [-0.39, 0.29) is 0 Å². The van der Waals surface area contributed by atoms with Gasteiger partial charge in [0.25, 0.3) is 0 Å². The van der Waals surface area contributed by atoms with E-state index in [1.165, 1.54) is 31.2 Å². The Morgan fingerprint density at radius 1 is 1.11 bits per heavy atom. The van der Waals surface area contributed by atoms with Crippen molar-refractivity contribution in [1.29, 1.82) is 0 Å². The first kappa shape index (κ1) is 19.2. The molecule has 0 aromatic carbocycles. The van der Waals surface area contributed by atoms with Crippen LogP contribution in [0.25, 0.3) is 11.1 Å². The van der Waals surface area contributed by atoms with E-state index in [2.05, 4.69) is 29.1 Å². The summed E-state index contributed by atoms with van der Waals surface area (Å²) < 4.78 is 1.83. The number of likely N-dealkylation sites (tertiary alicyclic amines) is 1. The van der Waals surface area contributed by atoms with Gasteiger partial charge in [0.05, 0.1) is 6.20 Å². The number of carbonyl (C=O) groups excluding carboxylic acids is 1. The van der Waals surface area contributed by atoms with E-state index in [4.69, 9.17) is 4.98 Å². The quantitative estimate of drug-likeness (QED) is 0.769. The average Bonchev–Trinajstić information content (AvgIpc) is 3.37. The number of hydrogen-bond acceptors (Lipinski definition) is 3. The Labute approximate surface area is 168 Å². The molecule has 2 aliphatic rings. The normalized spacial score (nSPS) is 18.7. The third kappa shape index (κ3) is 4.45. The Morgan fingerprint density at radius 2 is 1.86 bits per heavy atom. The zero-order valence-corrected chi connectivity index (χ0v) is 17.2. The Bertz CT molecular complexity index is 814. The summed E-state index contributed by atoms with van der Waals surface area (Å²) in [4.78, 5) is 19.5. The van der Waals surface area contributed by atoms with E-state index in [0.717, 1.165) is 61.6 Å². The molecule has 0 atom stereocenters. The smallest absolute Gasteiger partial charge is 0.222 e. The molecule has 1 aliphatic carbocycles. The lowest BCUT2D eigenvalue weighted by atomic mass is 9.91. The summed E-state index contributed by atoms with van der Waals surface area (Å²) in [6, 6.07) is 4.34. The van der Waals surface area contributed by atoms with Crippen LogP contribution in [-0.4, -0.2) is 38.7 Å². The molecular weight excluding hydrogens is 348 g/mol. The molecule has 28 heavy (non-hydrogen) atoms. The molecule has 0 N–H and O–H groups in total. The van der Waals surface area contributed by atoms with Gasteiger partial charge in [0, 0.05) is 55.6 Å². The number of rotatable bonds is 5. The predicted molar refractivity (Wildman–Crippen MR) is 111 cm³/mol. The summed E-state index contributed by atoms with van der Waals surface area (Å²) in [6.45, 7) is 3.79. The van der Waals surface area contributed by atoms with Gasteiger partial charge >= 0.3 is 0 Å². The second kappa shape index (κ2) is 8.46. The minimum absolute atomic E-state index is 0.360. The first-order chi connectivity index (χ1) is 13.6. The van der Waals surface area contributed by atoms with Gasteiger partial charge in [-0.3, -0.25) is 14.5 Å². The topological polar surface area (TPSA) is 51.0 Å². The van der Waals surface area contributed by atoms with Gasteiger partial charge in [0.15, 0.2) is 0 Å². The van der Waals surface area contributed by atoms with E-state index in [1.54, 1.807) is 0 Å². The van der Waals surface area contributed by atoms with E-state index >= 15 is 0 Å². The number of amides is 1. The van der Waals surface area contributed by atoms with Gasteiger partial charge in [-0.15, -0.1) is 0 Å². The molecule has 1 amide bonds.